The van der Waals surface area contributed by atoms with E-state index in [-0.39, 0.29) is 30.5 Å². The highest BCUT2D eigenvalue weighted by Gasteiger charge is 2.51. The van der Waals surface area contributed by atoms with Gasteiger partial charge in [-0.05, 0) is 49.6 Å². The Morgan fingerprint density at radius 2 is 1.87 bits per heavy atom. The molecule has 0 aromatic heterocycles. The van der Waals surface area contributed by atoms with Crippen molar-refractivity contribution in [2.45, 2.75) is 56.4 Å². The average molecular weight is 413 g/mol. The molecule has 158 valence electrons. The summed E-state index contributed by atoms with van der Waals surface area (Å²) in [5.74, 6) is 0.727. The largest absolute Gasteiger partial charge is 0.478 e. The lowest BCUT2D eigenvalue weighted by Crippen LogP contribution is -2.55. The molecule has 1 N–H and O–H groups in total. The van der Waals surface area contributed by atoms with Gasteiger partial charge in [-0.2, -0.15) is 0 Å². The van der Waals surface area contributed by atoms with Crippen LogP contribution in [-0.4, -0.2) is 40.9 Å². The molecule has 2 aromatic carbocycles. The Bertz CT molecular complexity index is 966. The molecule has 2 bridgehead atoms. The number of piperidine rings is 1. The predicted octanol–water partition coefficient (Wildman–Crippen LogP) is 3.36. The van der Waals surface area contributed by atoms with E-state index in [2.05, 4.69) is 0 Å². The first-order valence-electron chi connectivity index (χ1n) is 10.3. The topological polar surface area (TPSA) is 68.2 Å². The molecule has 2 aromatic rings. The van der Waals surface area contributed by atoms with Gasteiger partial charge in [-0.25, -0.2) is 4.39 Å². The van der Waals surface area contributed by atoms with Gasteiger partial charge in [-0.15, -0.1) is 0 Å². The van der Waals surface area contributed by atoms with E-state index < -0.39 is 17.5 Å². The lowest BCUT2D eigenvalue weighted by molar-refractivity contribution is -0.148. The van der Waals surface area contributed by atoms with Gasteiger partial charge in [0.2, 0.25) is 6.79 Å². The maximum atomic E-state index is 13.9. The maximum Gasteiger partial charge on any atom is 0.263 e. The first-order valence-corrected chi connectivity index (χ1v) is 10.3. The molecule has 3 aliphatic heterocycles. The quantitative estimate of drug-likeness (QED) is 0.833. The fraction of sp³-hybridized carbons (Fsp3) is 0.435. The molecular formula is C23H24FNO5. The molecule has 3 atom stereocenters. The third kappa shape index (κ3) is 3.17. The van der Waals surface area contributed by atoms with E-state index in [1.165, 1.54) is 12.1 Å². The van der Waals surface area contributed by atoms with Gasteiger partial charge in [0, 0.05) is 24.9 Å². The summed E-state index contributed by atoms with van der Waals surface area (Å²) in [5, 5.41) is 11.4. The molecule has 5 rings (SSSR count). The molecule has 3 aliphatic rings. The highest BCUT2D eigenvalue weighted by atomic mass is 19.1. The van der Waals surface area contributed by atoms with Crippen LogP contribution in [0.3, 0.4) is 0 Å². The zero-order valence-corrected chi connectivity index (χ0v) is 16.7. The number of fused-ring (bicyclic) bond motifs is 3. The minimum Gasteiger partial charge on any atom is -0.478 e. The average Bonchev–Trinajstić information content (AvgIpc) is 3.31. The van der Waals surface area contributed by atoms with E-state index in [0.717, 1.165) is 18.4 Å². The van der Waals surface area contributed by atoms with E-state index in [4.69, 9.17) is 14.2 Å². The summed E-state index contributed by atoms with van der Waals surface area (Å²) in [6.07, 6.45) is 1.75. The van der Waals surface area contributed by atoms with Crippen molar-refractivity contribution in [2.24, 2.45) is 0 Å². The van der Waals surface area contributed by atoms with E-state index in [0.29, 0.717) is 24.3 Å². The van der Waals surface area contributed by atoms with Crippen molar-refractivity contribution < 1.29 is 28.5 Å². The van der Waals surface area contributed by atoms with Crippen LogP contribution in [0.5, 0.6) is 17.2 Å². The van der Waals surface area contributed by atoms with Crippen molar-refractivity contribution in [3.8, 4) is 17.2 Å². The zero-order chi connectivity index (χ0) is 20.9. The van der Waals surface area contributed by atoms with Gasteiger partial charge < -0.3 is 24.2 Å². The van der Waals surface area contributed by atoms with Crippen molar-refractivity contribution in [2.75, 3.05) is 6.79 Å². The molecule has 3 unspecified atom stereocenters. The molecule has 2 saturated heterocycles. The molecule has 1 amide bonds. The number of carbonyl (C=O) groups is 1. The van der Waals surface area contributed by atoms with E-state index in [1.807, 2.05) is 23.1 Å². The molecule has 0 aliphatic carbocycles. The second kappa shape index (κ2) is 7.16. The van der Waals surface area contributed by atoms with Crippen molar-refractivity contribution in [1.82, 2.24) is 4.90 Å². The van der Waals surface area contributed by atoms with Crippen molar-refractivity contribution in [1.29, 1.82) is 0 Å². The summed E-state index contributed by atoms with van der Waals surface area (Å²) < 4.78 is 30.3. The molecular weight excluding hydrogens is 389 g/mol. The molecule has 30 heavy (non-hydrogen) atoms. The van der Waals surface area contributed by atoms with Crippen LogP contribution in [0.2, 0.25) is 0 Å². The van der Waals surface area contributed by atoms with Crippen LogP contribution in [0, 0.1) is 5.82 Å². The Labute approximate surface area is 174 Å². The summed E-state index contributed by atoms with van der Waals surface area (Å²) in [6.45, 7) is 1.83. The predicted molar refractivity (Wildman–Crippen MR) is 106 cm³/mol. The Balaban J connectivity index is 1.33. The molecule has 6 nitrogen and oxygen atoms in total. The van der Waals surface area contributed by atoms with Gasteiger partial charge in [0.15, 0.2) is 29.2 Å². The molecule has 0 radical (unpaired) electrons. The van der Waals surface area contributed by atoms with Crippen LogP contribution < -0.4 is 14.2 Å². The zero-order valence-electron chi connectivity index (χ0n) is 16.7. The van der Waals surface area contributed by atoms with Crippen LogP contribution in [0.25, 0.3) is 0 Å². The van der Waals surface area contributed by atoms with Gasteiger partial charge in [0.1, 0.15) is 0 Å². The van der Waals surface area contributed by atoms with Crippen LogP contribution in [0.1, 0.15) is 38.2 Å². The number of benzene rings is 2. The fourth-order valence-corrected chi connectivity index (χ4v) is 5.00. The number of hydrogen-bond donors (Lipinski definition) is 1. The first kappa shape index (κ1) is 19.2. The Morgan fingerprint density at radius 1 is 1.17 bits per heavy atom. The van der Waals surface area contributed by atoms with Crippen molar-refractivity contribution >= 4 is 5.91 Å². The fourth-order valence-electron chi connectivity index (χ4n) is 5.00. The number of rotatable bonds is 4. The van der Waals surface area contributed by atoms with Crippen LogP contribution in [0.15, 0.2) is 42.5 Å². The van der Waals surface area contributed by atoms with E-state index in [9.17, 15) is 14.3 Å². The Morgan fingerprint density at radius 3 is 2.60 bits per heavy atom. The van der Waals surface area contributed by atoms with Gasteiger partial charge >= 0.3 is 0 Å². The monoisotopic (exact) mass is 413 g/mol. The third-order valence-electron chi connectivity index (χ3n) is 6.42. The number of carbonyl (C=O) groups excluding carboxylic acids is 1. The highest BCUT2D eigenvalue weighted by Crippen LogP contribution is 2.47. The molecule has 3 heterocycles. The standard InChI is InChI=1S/C23H24FNO5/c1-14(30-19-5-3-2-4-18(19)24)22(26)25-16-7-8-17(25)12-23(27,11-16)15-6-9-20-21(10-15)29-13-28-20/h2-6,9-10,14,16-17,27H,7-8,11-13H2,1H3. The highest BCUT2D eigenvalue weighted by molar-refractivity contribution is 5.82. The Hall–Kier alpha value is -2.80. The second-order valence-corrected chi connectivity index (χ2v) is 8.33. The lowest BCUT2D eigenvalue weighted by Gasteiger charge is -2.44. The summed E-state index contributed by atoms with van der Waals surface area (Å²) in [5.41, 5.74) is -0.245. The number of halogens is 1. The number of ether oxygens (including phenoxy) is 3. The van der Waals surface area contributed by atoms with Crippen LogP contribution in [0.4, 0.5) is 4.39 Å². The smallest absolute Gasteiger partial charge is 0.263 e. The van der Waals surface area contributed by atoms with Crippen LogP contribution in [-0.2, 0) is 10.4 Å². The Kier molecular flexibility index (Phi) is 4.58. The molecule has 0 saturated carbocycles. The number of hydrogen-bond acceptors (Lipinski definition) is 5. The van der Waals surface area contributed by atoms with Gasteiger partial charge in [-0.3, -0.25) is 4.79 Å². The third-order valence-corrected chi connectivity index (χ3v) is 6.42. The first-order chi connectivity index (χ1) is 14.4. The molecule has 0 spiro atoms. The van der Waals surface area contributed by atoms with Gasteiger partial charge in [0.05, 0.1) is 5.60 Å². The summed E-state index contributed by atoms with van der Waals surface area (Å²) in [4.78, 5) is 15.0. The molecule has 7 heteroatoms. The summed E-state index contributed by atoms with van der Waals surface area (Å²) in [7, 11) is 0. The van der Waals surface area contributed by atoms with Gasteiger partial charge in [0.25, 0.3) is 5.91 Å². The van der Waals surface area contributed by atoms with Crippen molar-refractivity contribution in [3.63, 3.8) is 0 Å². The minimum atomic E-state index is -1.03. The van der Waals surface area contributed by atoms with Crippen LogP contribution >= 0.6 is 0 Å². The van der Waals surface area contributed by atoms with E-state index >= 15 is 0 Å². The number of amides is 1. The lowest BCUT2D eigenvalue weighted by atomic mass is 9.80. The van der Waals surface area contributed by atoms with Crippen molar-refractivity contribution in [3.05, 3.63) is 53.8 Å². The van der Waals surface area contributed by atoms with E-state index in [1.54, 1.807) is 19.1 Å². The second-order valence-electron chi connectivity index (χ2n) is 8.33. The number of aliphatic hydroxyl groups is 1. The SMILES string of the molecule is CC(Oc1ccccc1F)C(=O)N1C2CCC1CC(O)(c1ccc3c(c1)OCO3)C2. The minimum absolute atomic E-state index is 0.0690. The number of nitrogens with zero attached hydrogens (tertiary/aromatic N) is 1. The molecule has 2 fully saturated rings. The summed E-state index contributed by atoms with van der Waals surface area (Å²) >= 11 is 0. The number of para-hydroxylation sites is 1. The van der Waals surface area contributed by atoms with Gasteiger partial charge in [-0.1, -0.05) is 18.2 Å². The summed E-state index contributed by atoms with van der Waals surface area (Å²) in [6, 6.07) is 11.4. The normalized spacial score (nSPS) is 27.8. The maximum absolute atomic E-state index is 13.9.